The van der Waals surface area contributed by atoms with E-state index in [1.807, 2.05) is 12.1 Å². The molecule has 1 aromatic heterocycles. The summed E-state index contributed by atoms with van der Waals surface area (Å²) < 4.78 is 4.74. The van der Waals surface area contributed by atoms with Crippen LogP contribution >= 0.6 is 11.3 Å². The summed E-state index contributed by atoms with van der Waals surface area (Å²) in [5.41, 5.74) is 0. The van der Waals surface area contributed by atoms with Crippen LogP contribution in [0.3, 0.4) is 0 Å². The lowest BCUT2D eigenvalue weighted by Crippen LogP contribution is -2.17. The van der Waals surface area contributed by atoms with E-state index in [-0.39, 0.29) is 6.04 Å². The zero-order valence-corrected chi connectivity index (χ0v) is 7.43. The van der Waals surface area contributed by atoms with Gasteiger partial charge < -0.3 is 10.1 Å². The number of hydrogen-bond donors (Lipinski definition) is 1. The van der Waals surface area contributed by atoms with Gasteiger partial charge in [0.2, 0.25) is 0 Å². The average molecular weight is 194 g/mol. The van der Waals surface area contributed by atoms with Gasteiger partial charge in [-0.15, -0.1) is 11.3 Å². The van der Waals surface area contributed by atoms with Crippen LogP contribution in [0.15, 0.2) is 12.1 Å². The fraction of sp³-hybridized carbons (Fsp3) is 0.250. The van der Waals surface area contributed by atoms with Gasteiger partial charge in [0.1, 0.15) is 23.6 Å². The summed E-state index contributed by atoms with van der Waals surface area (Å²) in [5, 5.41) is 11.2. The largest absolute Gasteiger partial charge is 0.447 e. The number of rotatable bonds is 1. The summed E-state index contributed by atoms with van der Waals surface area (Å²) in [4.78, 5) is 12.3. The Hall–Kier alpha value is -1.54. The van der Waals surface area contributed by atoms with Crippen molar-refractivity contribution < 1.29 is 9.53 Å². The van der Waals surface area contributed by atoms with E-state index in [0.29, 0.717) is 11.5 Å². The number of cyclic esters (lactones) is 1. The molecule has 1 atom stereocenters. The number of hydrogen-bond acceptors (Lipinski definition) is 4. The Morgan fingerprint density at radius 3 is 3.08 bits per heavy atom. The number of alkyl carbamates (subject to hydrolysis) is 1. The maximum atomic E-state index is 10.7. The molecule has 13 heavy (non-hydrogen) atoms. The predicted octanol–water partition coefficient (Wildman–Crippen LogP) is 1.40. The first-order valence-corrected chi connectivity index (χ1v) is 4.54. The summed E-state index contributed by atoms with van der Waals surface area (Å²) in [7, 11) is 0. The molecule has 0 spiro atoms. The molecule has 1 amide bonds. The van der Waals surface area contributed by atoms with Crippen LogP contribution in [0, 0.1) is 11.3 Å². The average Bonchev–Trinajstić information content (AvgIpc) is 2.71. The Kier molecular flexibility index (Phi) is 1.91. The van der Waals surface area contributed by atoms with E-state index >= 15 is 0 Å². The summed E-state index contributed by atoms with van der Waals surface area (Å²) in [6, 6.07) is 5.54. The molecule has 1 unspecified atom stereocenters. The highest BCUT2D eigenvalue weighted by Gasteiger charge is 2.24. The molecule has 1 aromatic rings. The third kappa shape index (κ3) is 1.48. The summed E-state index contributed by atoms with van der Waals surface area (Å²) in [6.45, 7) is 0.351. The van der Waals surface area contributed by atoms with Crippen LogP contribution in [0.25, 0.3) is 0 Å². The molecule has 1 N–H and O–H groups in total. The lowest BCUT2D eigenvalue weighted by Gasteiger charge is -2.01. The molecule has 1 fully saturated rings. The molecule has 2 heterocycles. The number of nitrogens with one attached hydrogen (secondary N) is 1. The van der Waals surface area contributed by atoms with Gasteiger partial charge in [0, 0.05) is 4.88 Å². The second-order valence-electron chi connectivity index (χ2n) is 2.61. The molecule has 0 aromatic carbocycles. The Balaban J connectivity index is 2.18. The van der Waals surface area contributed by atoms with Gasteiger partial charge >= 0.3 is 6.09 Å². The Morgan fingerprint density at radius 1 is 1.69 bits per heavy atom. The van der Waals surface area contributed by atoms with Crippen molar-refractivity contribution in [2.24, 2.45) is 0 Å². The second-order valence-corrected chi connectivity index (χ2v) is 3.72. The number of amides is 1. The quantitative estimate of drug-likeness (QED) is 0.735. The van der Waals surface area contributed by atoms with Crippen molar-refractivity contribution in [3.63, 3.8) is 0 Å². The van der Waals surface area contributed by atoms with E-state index in [2.05, 4.69) is 5.32 Å². The van der Waals surface area contributed by atoms with E-state index in [4.69, 9.17) is 10.00 Å². The minimum atomic E-state index is -0.392. The Bertz CT molecular complexity index is 380. The molecule has 1 aliphatic heterocycles. The third-order valence-electron chi connectivity index (χ3n) is 1.75. The normalized spacial score (nSPS) is 20.5. The molecule has 0 aliphatic carbocycles. The number of nitrogens with zero attached hydrogens (tertiary/aromatic N) is 1. The molecule has 2 rings (SSSR count). The first kappa shape index (κ1) is 8.08. The minimum Gasteiger partial charge on any atom is -0.447 e. The first-order valence-electron chi connectivity index (χ1n) is 3.73. The van der Waals surface area contributed by atoms with Crippen LogP contribution in [0.4, 0.5) is 4.79 Å². The van der Waals surface area contributed by atoms with Gasteiger partial charge in [-0.1, -0.05) is 0 Å². The van der Waals surface area contributed by atoms with Crippen molar-refractivity contribution >= 4 is 17.4 Å². The van der Waals surface area contributed by atoms with Crippen molar-refractivity contribution in [3.05, 3.63) is 21.9 Å². The third-order valence-corrected chi connectivity index (χ3v) is 2.86. The fourth-order valence-corrected chi connectivity index (χ4v) is 1.98. The fourth-order valence-electron chi connectivity index (χ4n) is 1.14. The van der Waals surface area contributed by atoms with Gasteiger partial charge in [0.15, 0.2) is 0 Å². The molecular formula is C8H6N2O2S. The molecule has 1 saturated heterocycles. The maximum absolute atomic E-state index is 10.7. The van der Waals surface area contributed by atoms with E-state index in [9.17, 15) is 4.79 Å². The van der Waals surface area contributed by atoms with Crippen LogP contribution in [0.1, 0.15) is 15.8 Å². The van der Waals surface area contributed by atoms with Gasteiger partial charge in [-0.05, 0) is 12.1 Å². The molecule has 4 nitrogen and oxygen atoms in total. The number of carbonyl (C=O) groups excluding carboxylic acids is 1. The molecule has 0 bridgehead atoms. The van der Waals surface area contributed by atoms with Gasteiger partial charge in [0.25, 0.3) is 0 Å². The van der Waals surface area contributed by atoms with E-state index in [1.165, 1.54) is 11.3 Å². The Labute approximate surface area is 78.7 Å². The van der Waals surface area contributed by atoms with Crippen molar-refractivity contribution in [2.75, 3.05) is 6.61 Å². The molecule has 0 radical (unpaired) electrons. The van der Waals surface area contributed by atoms with Gasteiger partial charge in [-0.2, -0.15) is 5.26 Å². The number of thiophene rings is 1. The highest BCUT2D eigenvalue weighted by Crippen LogP contribution is 2.25. The zero-order chi connectivity index (χ0) is 9.26. The lowest BCUT2D eigenvalue weighted by atomic mass is 10.3. The van der Waals surface area contributed by atoms with Crippen LogP contribution < -0.4 is 5.32 Å². The van der Waals surface area contributed by atoms with Gasteiger partial charge in [0.05, 0.1) is 0 Å². The van der Waals surface area contributed by atoms with Crippen LogP contribution in [-0.4, -0.2) is 12.7 Å². The van der Waals surface area contributed by atoms with Gasteiger partial charge in [-0.25, -0.2) is 4.79 Å². The van der Waals surface area contributed by atoms with Crippen LogP contribution in [0.2, 0.25) is 0 Å². The summed E-state index contributed by atoms with van der Waals surface area (Å²) in [5.74, 6) is 0. The van der Waals surface area contributed by atoms with Gasteiger partial charge in [-0.3, -0.25) is 0 Å². The number of ether oxygens (including phenoxy) is 1. The monoisotopic (exact) mass is 194 g/mol. The first-order chi connectivity index (χ1) is 6.29. The highest BCUT2D eigenvalue weighted by molar-refractivity contribution is 7.12. The molecule has 1 aliphatic rings. The van der Waals surface area contributed by atoms with Crippen molar-refractivity contribution in [1.82, 2.24) is 5.32 Å². The summed E-state index contributed by atoms with van der Waals surface area (Å²) in [6.07, 6.45) is -0.392. The lowest BCUT2D eigenvalue weighted by molar-refractivity contribution is 0.177. The highest BCUT2D eigenvalue weighted by atomic mass is 32.1. The smallest absolute Gasteiger partial charge is 0.407 e. The molecule has 0 saturated carbocycles. The standard InChI is InChI=1S/C8H6N2O2S/c9-3-5-1-2-7(13-5)6-4-12-8(11)10-6/h1-2,6H,4H2,(H,10,11). The topological polar surface area (TPSA) is 62.1 Å². The van der Waals surface area contributed by atoms with E-state index in [0.717, 1.165) is 4.88 Å². The van der Waals surface area contributed by atoms with E-state index in [1.54, 1.807) is 6.07 Å². The SMILES string of the molecule is N#Cc1ccc(C2COC(=O)N2)s1. The second kappa shape index (κ2) is 3.07. The minimum absolute atomic E-state index is 0.0837. The van der Waals surface area contributed by atoms with E-state index < -0.39 is 6.09 Å². The van der Waals surface area contributed by atoms with Crippen molar-refractivity contribution in [2.45, 2.75) is 6.04 Å². The van der Waals surface area contributed by atoms with Crippen molar-refractivity contribution in [1.29, 1.82) is 5.26 Å². The predicted molar refractivity (Wildman–Crippen MR) is 46.3 cm³/mol. The zero-order valence-electron chi connectivity index (χ0n) is 6.61. The maximum Gasteiger partial charge on any atom is 0.407 e. The Morgan fingerprint density at radius 2 is 2.54 bits per heavy atom. The van der Waals surface area contributed by atoms with Crippen LogP contribution in [-0.2, 0) is 4.74 Å². The molecular weight excluding hydrogens is 188 g/mol. The molecule has 5 heteroatoms. The molecule has 66 valence electrons. The number of carbonyl (C=O) groups is 1. The number of nitriles is 1. The van der Waals surface area contributed by atoms with Crippen LogP contribution in [0.5, 0.6) is 0 Å². The summed E-state index contributed by atoms with van der Waals surface area (Å²) >= 11 is 1.38. The van der Waals surface area contributed by atoms with Crippen molar-refractivity contribution in [3.8, 4) is 6.07 Å².